The van der Waals surface area contributed by atoms with Crippen molar-refractivity contribution in [2.24, 2.45) is 10.7 Å². The van der Waals surface area contributed by atoms with Crippen molar-refractivity contribution >= 4 is 23.3 Å². The van der Waals surface area contributed by atoms with Crippen LogP contribution in [-0.4, -0.2) is 29.2 Å². The number of nitrogens with two attached hydrogens (primary N) is 1. The molecule has 0 aliphatic carbocycles. The molecule has 1 aromatic carbocycles. The van der Waals surface area contributed by atoms with E-state index in [1.165, 1.54) is 0 Å². The molecule has 0 fully saturated rings. The summed E-state index contributed by atoms with van der Waals surface area (Å²) in [4.78, 5) is 32.3. The van der Waals surface area contributed by atoms with Crippen LogP contribution in [-0.2, 0) is 20.7 Å². The van der Waals surface area contributed by atoms with Gasteiger partial charge in [-0.25, -0.2) is 0 Å². The van der Waals surface area contributed by atoms with E-state index in [2.05, 4.69) is 15.3 Å². The molecule has 0 aliphatic rings. The van der Waals surface area contributed by atoms with Crippen LogP contribution in [0.2, 0.25) is 0 Å². The van der Waals surface area contributed by atoms with Gasteiger partial charge >= 0.3 is 5.97 Å². The molecule has 7 heteroatoms. The van der Waals surface area contributed by atoms with E-state index in [1.807, 2.05) is 30.3 Å². The first-order chi connectivity index (χ1) is 13.0. The van der Waals surface area contributed by atoms with Gasteiger partial charge in [-0.2, -0.15) is 0 Å². The lowest BCUT2D eigenvalue weighted by atomic mass is 10.2. The maximum absolute atomic E-state index is 12.1. The average Bonchev–Trinajstić information content (AvgIpc) is 2.65. The lowest BCUT2D eigenvalue weighted by Gasteiger charge is -2.12. The second-order valence-electron chi connectivity index (χ2n) is 5.84. The van der Waals surface area contributed by atoms with Crippen LogP contribution in [0.25, 0.3) is 0 Å². The van der Waals surface area contributed by atoms with Crippen LogP contribution in [0.4, 0.5) is 5.69 Å². The second-order valence-corrected chi connectivity index (χ2v) is 5.84. The first-order valence-electron chi connectivity index (χ1n) is 8.37. The van der Waals surface area contributed by atoms with Gasteiger partial charge in [-0.05, 0) is 37.6 Å². The van der Waals surface area contributed by atoms with Crippen LogP contribution >= 0.6 is 0 Å². The van der Waals surface area contributed by atoms with Gasteiger partial charge in [0, 0.05) is 18.1 Å². The zero-order valence-electron chi connectivity index (χ0n) is 15.3. The predicted molar refractivity (Wildman–Crippen MR) is 103 cm³/mol. The fraction of sp³-hybridized carbons (Fsp3) is 0.200. The Bertz CT molecular complexity index is 842. The van der Waals surface area contributed by atoms with Crippen molar-refractivity contribution in [3.05, 3.63) is 71.8 Å². The molecule has 0 atom stereocenters. The largest absolute Gasteiger partial charge is 0.455 e. The highest BCUT2D eigenvalue weighted by Crippen LogP contribution is 2.12. The van der Waals surface area contributed by atoms with E-state index in [1.54, 1.807) is 38.4 Å². The zero-order valence-corrected chi connectivity index (χ0v) is 15.3. The summed E-state index contributed by atoms with van der Waals surface area (Å²) < 4.78 is 5.00. The number of amides is 1. The molecule has 1 aromatic heterocycles. The number of nitrogens with zero attached hydrogens (tertiary/aromatic N) is 2. The number of pyridine rings is 1. The first kappa shape index (κ1) is 19.8. The van der Waals surface area contributed by atoms with E-state index in [9.17, 15) is 9.59 Å². The summed E-state index contributed by atoms with van der Waals surface area (Å²) in [6, 6.07) is 12.8. The SMILES string of the molecule is CC(=Nc1ccccc1)C(NC(=O)COC(=O)Cc1cccnc1)=C(C)N. The summed E-state index contributed by atoms with van der Waals surface area (Å²) in [5.74, 6) is -1.00. The molecule has 1 amide bonds. The van der Waals surface area contributed by atoms with Gasteiger partial charge in [0.25, 0.3) is 5.91 Å². The summed E-state index contributed by atoms with van der Waals surface area (Å²) in [6.07, 6.45) is 3.24. The van der Waals surface area contributed by atoms with Crippen molar-refractivity contribution in [1.82, 2.24) is 10.3 Å². The number of carbonyl (C=O) groups is 2. The number of nitrogens with one attached hydrogen (secondary N) is 1. The number of aliphatic imine (C=N–C) groups is 1. The Labute approximate surface area is 158 Å². The van der Waals surface area contributed by atoms with Crippen molar-refractivity contribution in [1.29, 1.82) is 0 Å². The van der Waals surface area contributed by atoms with Crippen molar-refractivity contribution in [2.75, 3.05) is 6.61 Å². The van der Waals surface area contributed by atoms with E-state index in [4.69, 9.17) is 10.5 Å². The number of hydrogen-bond acceptors (Lipinski definition) is 6. The molecule has 27 heavy (non-hydrogen) atoms. The molecule has 3 N–H and O–H groups in total. The number of esters is 1. The number of aromatic nitrogens is 1. The van der Waals surface area contributed by atoms with Crippen LogP contribution in [0, 0.1) is 0 Å². The fourth-order valence-corrected chi connectivity index (χ4v) is 2.27. The Morgan fingerprint density at radius 3 is 2.52 bits per heavy atom. The summed E-state index contributed by atoms with van der Waals surface area (Å²) in [5, 5.41) is 2.65. The lowest BCUT2D eigenvalue weighted by molar-refractivity contribution is -0.147. The van der Waals surface area contributed by atoms with Crippen LogP contribution in [0.3, 0.4) is 0 Å². The third-order valence-corrected chi connectivity index (χ3v) is 3.51. The molecule has 2 rings (SSSR count). The number of benzene rings is 1. The molecular formula is C20H22N4O3. The Balaban J connectivity index is 1.92. The molecule has 140 valence electrons. The summed E-state index contributed by atoms with van der Waals surface area (Å²) in [7, 11) is 0. The smallest absolute Gasteiger partial charge is 0.310 e. The van der Waals surface area contributed by atoms with Crippen LogP contribution < -0.4 is 11.1 Å². The molecule has 0 spiro atoms. The molecule has 7 nitrogen and oxygen atoms in total. The van der Waals surface area contributed by atoms with E-state index >= 15 is 0 Å². The minimum atomic E-state index is -0.511. The zero-order chi connectivity index (χ0) is 19.6. The minimum Gasteiger partial charge on any atom is -0.455 e. The molecule has 0 aliphatic heterocycles. The monoisotopic (exact) mass is 366 g/mol. The number of carbonyl (C=O) groups excluding carboxylic acids is 2. The van der Waals surface area contributed by atoms with Gasteiger partial charge in [-0.15, -0.1) is 0 Å². The Kier molecular flexibility index (Phi) is 7.25. The molecular weight excluding hydrogens is 344 g/mol. The highest BCUT2D eigenvalue weighted by atomic mass is 16.5. The predicted octanol–water partition coefficient (Wildman–Crippen LogP) is 2.27. The molecule has 0 saturated heterocycles. The van der Waals surface area contributed by atoms with Crippen LogP contribution in [0.15, 0.2) is 71.2 Å². The second kappa shape index (κ2) is 9.86. The lowest BCUT2D eigenvalue weighted by Crippen LogP contribution is -2.32. The number of rotatable bonds is 7. The number of allylic oxidation sites excluding steroid dienone is 2. The maximum atomic E-state index is 12.1. The van der Waals surface area contributed by atoms with Gasteiger partial charge in [0.1, 0.15) is 0 Å². The van der Waals surface area contributed by atoms with Crippen LogP contribution in [0.5, 0.6) is 0 Å². The maximum Gasteiger partial charge on any atom is 0.310 e. The Morgan fingerprint density at radius 1 is 1.15 bits per heavy atom. The Hall–Kier alpha value is -3.48. The van der Waals surface area contributed by atoms with Gasteiger partial charge in [0.05, 0.1) is 23.5 Å². The van der Waals surface area contributed by atoms with Crippen molar-refractivity contribution in [3.8, 4) is 0 Å². The van der Waals surface area contributed by atoms with Gasteiger partial charge in [-0.3, -0.25) is 19.6 Å². The van der Waals surface area contributed by atoms with Crippen molar-refractivity contribution < 1.29 is 14.3 Å². The summed E-state index contributed by atoms with van der Waals surface area (Å²) in [5.41, 5.74) is 8.68. The van der Waals surface area contributed by atoms with Gasteiger partial charge < -0.3 is 15.8 Å². The molecule has 1 heterocycles. The quantitative estimate of drug-likeness (QED) is 0.577. The molecule has 0 unspecified atom stereocenters. The van der Waals surface area contributed by atoms with Crippen molar-refractivity contribution in [3.63, 3.8) is 0 Å². The number of para-hydroxylation sites is 1. The third-order valence-electron chi connectivity index (χ3n) is 3.51. The van der Waals surface area contributed by atoms with E-state index in [0.29, 0.717) is 22.7 Å². The minimum absolute atomic E-state index is 0.0498. The summed E-state index contributed by atoms with van der Waals surface area (Å²) in [6.45, 7) is 3.00. The van der Waals surface area contributed by atoms with Crippen LogP contribution in [0.1, 0.15) is 19.4 Å². The normalized spacial score (nSPS) is 12.1. The van der Waals surface area contributed by atoms with Crippen molar-refractivity contribution in [2.45, 2.75) is 20.3 Å². The molecule has 0 saturated carbocycles. The Morgan fingerprint density at radius 2 is 1.89 bits per heavy atom. The number of ether oxygens (including phenoxy) is 1. The standard InChI is InChI=1S/C20H22N4O3/c1-14(21)20(15(2)23-17-8-4-3-5-9-17)24-18(25)13-27-19(26)11-16-7-6-10-22-12-16/h3-10,12H,11,13,21H2,1-2H3,(H,24,25). The molecule has 0 radical (unpaired) electrons. The average molecular weight is 366 g/mol. The van der Waals surface area contributed by atoms with Gasteiger partial charge in [0.2, 0.25) is 0 Å². The number of hydrogen-bond donors (Lipinski definition) is 2. The highest BCUT2D eigenvalue weighted by molar-refractivity contribution is 6.03. The third kappa shape index (κ3) is 6.74. The van der Waals surface area contributed by atoms with E-state index in [-0.39, 0.29) is 6.42 Å². The molecule has 0 bridgehead atoms. The van der Waals surface area contributed by atoms with Gasteiger partial charge in [-0.1, -0.05) is 24.3 Å². The fourth-order valence-electron chi connectivity index (χ4n) is 2.27. The first-order valence-corrected chi connectivity index (χ1v) is 8.37. The highest BCUT2D eigenvalue weighted by Gasteiger charge is 2.13. The summed E-state index contributed by atoms with van der Waals surface area (Å²) >= 11 is 0. The van der Waals surface area contributed by atoms with E-state index < -0.39 is 18.5 Å². The van der Waals surface area contributed by atoms with Gasteiger partial charge in [0.15, 0.2) is 6.61 Å². The molecule has 2 aromatic rings. The topological polar surface area (TPSA) is 107 Å². The van der Waals surface area contributed by atoms with E-state index in [0.717, 1.165) is 5.69 Å².